The largest absolute Gasteiger partial charge is 0.488 e. The summed E-state index contributed by atoms with van der Waals surface area (Å²) >= 11 is 8.70. The summed E-state index contributed by atoms with van der Waals surface area (Å²) in [5, 5.41) is 8.78. The Morgan fingerprint density at radius 2 is 2.50 bits per heavy atom. The molecule has 0 aliphatic carbocycles. The maximum Gasteiger partial charge on any atom is 0.172 e. The van der Waals surface area contributed by atoms with Crippen molar-refractivity contribution >= 4 is 27.5 Å². The first-order valence-corrected chi connectivity index (χ1v) is 4.04. The van der Waals surface area contributed by atoms with E-state index >= 15 is 0 Å². The lowest BCUT2D eigenvalue weighted by molar-refractivity contribution is 0.201. The molecule has 0 aromatic carbocycles. The number of hydrogen-bond donors (Lipinski definition) is 1. The Morgan fingerprint density at radius 1 is 1.75 bits per heavy atom. The van der Waals surface area contributed by atoms with E-state index in [9.17, 15) is 0 Å². The minimum atomic E-state index is -3.15. The SMILES string of the molecule is [2H]C([2H])(O)C([2H])([2H])Oc1ccc(Br)nc1Cl. The molecule has 0 aliphatic heterocycles. The number of ether oxygens (including phenoxy) is 1. The number of aliphatic hydroxyl groups is 1. The van der Waals surface area contributed by atoms with E-state index < -0.39 is 13.1 Å². The topological polar surface area (TPSA) is 42.4 Å². The van der Waals surface area contributed by atoms with Crippen molar-refractivity contribution in [3.05, 3.63) is 21.9 Å². The highest BCUT2D eigenvalue weighted by atomic mass is 79.9. The summed E-state index contributed by atoms with van der Waals surface area (Å²) in [5.41, 5.74) is 0. The standard InChI is InChI=1S/C7H7BrClNO2/c8-6-2-1-5(7(9)10-6)12-4-3-11/h1-2,11H,3-4H2/i3D2,4D2. The molecule has 0 saturated heterocycles. The number of pyridine rings is 1. The molecule has 0 aliphatic rings. The van der Waals surface area contributed by atoms with Crippen molar-refractivity contribution in [1.82, 2.24) is 4.98 Å². The number of aromatic nitrogens is 1. The van der Waals surface area contributed by atoms with Gasteiger partial charge in [-0.05, 0) is 28.1 Å². The van der Waals surface area contributed by atoms with Gasteiger partial charge in [0.25, 0.3) is 0 Å². The quantitative estimate of drug-likeness (QED) is 0.840. The first-order chi connectivity index (χ1) is 7.13. The highest BCUT2D eigenvalue weighted by Crippen LogP contribution is 2.23. The van der Waals surface area contributed by atoms with Crippen molar-refractivity contribution in [2.75, 3.05) is 13.1 Å². The molecule has 1 aromatic rings. The third-order valence-corrected chi connectivity index (χ3v) is 1.70. The normalized spacial score (nSPS) is 17.2. The molecule has 0 amide bonds. The van der Waals surface area contributed by atoms with E-state index in [-0.39, 0.29) is 10.9 Å². The van der Waals surface area contributed by atoms with Gasteiger partial charge in [0.2, 0.25) is 0 Å². The van der Waals surface area contributed by atoms with Gasteiger partial charge in [0.1, 0.15) is 11.2 Å². The summed E-state index contributed by atoms with van der Waals surface area (Å²) in [6.45, 7) is -6.07. The van der Waals surface area contributed by atoms with Crippen molar-refractivity contribution < 1.29 is 15.3 Å². The molecule has 1 heterocycles. The highest BCUT2D eigenvalue weighted by molar-refractivity contribution is 9.10. The van der Waals surface area contributed by atoms with Crippen LogP contribution in [0.4, 0.5) is 0 Å². The van der Waals surface area contributed by atoms with Gasteiger partial charge >= 0.3 is 0 Å². The Kier molecular flexibility index (Phi) is 2.10. The summed E-state index contributed by atoms with van der Waals surface area (Å²) in [5.74, 6) is -0.159. The Labute approximate surface area is 89.1 Å². The summed E-state index contributed by atoms with van der Waals surface area (Å²) < 4.78 is 33.1. The predicted molar refractivity (Wildman–Crippen MR) is 49.5 cm³/mol. The molecule has 0 bridgehead atoms. The number of nitrogens with zero attached hydrogens (tertiary/aromatic N) is 1. The predicted octanol–water partition coefficient (Wildman–Crippen LogP) is 1.87. The molecular formula is C7H7BrClNO2. The molecule has 1 N–H and O–H groups in total. The van der Waals surface area contributed by atoms with Gasteiger partial charge in [0.15, 0.2) is 10.9 Å². The van der Waals surface area contributed by atoms with Gasteiger partial charge in [-0.3, -0.25) is 0 Å². The zero-order valence-corrected chi connectivity index (χ0v) is 8.06. The summed E-state index contributed by atoms with van der Waals surface area (Å²) in [7, 11) is 0. The summed E-state index contributed by atoms with van der Waals surface area (Å²) in [4.78, 5) is 3.73. The molecule has 1 aromatic heterocycles. The van der Waals surface area contributed by atoms with Crippen LogP contribution >= 0.6 is 27.5 Å². The van der Waals surface area contributed by atoms with Crippen LogP contribution in [0.1, 0.15) is 5.48 Å². The molecule has 5 heteroatoms. The fourth-order valence-electron chi connectivity index (χ4n) is 0.553. The first kappa shape index (κ1) is 5.42. The lowest BCUT2D eigenvalue weighted by Gasteiger charge is -2.04. The smallest absolute Gasteiger partial charge is 0.172 e. The second kappa shape index (κ2) is 4.64. The molecule has 12 heavy (non-hydrogen) atoms. The van der Waals surface area contributed by atoms with E-state index in [0.29, 0.717) is 4.60 Å². The van der Waals surface area contributed by atoms with Crippen molar-refractivity contribution in [1.29, 1.82) is 0 Å². The third-order valence-electron chi connectivity index (χ3n) is 0.987. The van der Waals surface area contributed by atoms with E-state index in [1.165, 1.54) is 12.1 Å². The minimum Gasteiger partial charge on any atom is -0.488 e. The number of rotatable bonds is 3. The lowest BCUT2D eigenvalue weighted by Crippen LogP contribution is -2.02. The van der Waals surface area contributed by atoms with Crippen LogP contribution in [0.25, 0.3) is 0 Å². The molecule has 0 spiro atoms. The van der Waals surface area contributed by atoms with Crippen LogP contribution in [0.15, 0.2) is 16.7 Å². The molecule has 66 valence electrons. The highest BCUT2D eigenvalue weighted by Gasteiger charge is 2.02. The van der Waals surface area contributed by atoms with E-state index in [4.69, 9.17) is 22.2 Å². The van der Waals surface area contributed by atoms with E-state index in [1.807, 2.05) is 0 Å². The Bertz CT molecular complexity index is 398. The second-order valence-electron chi connectivity index (χ2n) is 1.74. The molecule has 0 unspecified atom stereocenters. The van der Waals surface area contributed by atoms with Gasteiger partial charge in [-0.15, -0.1) is 0 Å². The Morgan fingerprint density at radius 3 is 3.08 bits per heavy atom. The maximum atomic E-state index is 8.91. The molecule has 0 atom stereocenters. The van der Waals surface area contributed by atoms with E-state index in [1.54, 1.807) is 0 Å². The molecular weight excluding hydrogens is 245 g/mol. The first-order valence-electron chi connectivity index (χ1n) is 4.87. The van der Waals surface area contributed by atoms with E-state index in [0.717, 1.165) is 0 Å². The Balaban J connectivity index is 2.97. The van der Waals surface area contributed by atoms with Crippen LogP contribution < -0.4 is 4.74 Å². The summed E-state index contributed by atoms with van der Waals surface area (Å²) in [6, 6.07) is 2.76. The van der Waals surface area contributed by atoms with Crippen molar-refractivity contribution in [3.63, 3.8) is 0 Å². The number of halogens is 2. The fraction of sp³-hybridized carbons (Fsp3) is 0.286. The van der Waals surface area contributed by atoms with Crippen molar-refractivity contribution in [3.8, 4) is 5.75 Å². The number of hydrogen-bond acceptors (Lipinski definition) is 3. The Hall–Kier alpha value is -0.320. The van der Waals surface area contributed by atoms with E-state index in [2.05, 4.69) is 25.7 Å². The van der Waals surface area contributed by atoms with Gasteiger partial charge in [-0.25, -0.2) is 4.98 Å². The molecule has 0 fully saturated rings. The van der Waals surface area contributed by atoms with Gasteiger partial charge in [0.05, 0.1) is 12.0 Å². The summed E-state index contributed by atoms with van der Waals surface area (Å²) in [6.07, 6.45) is 0. The zero-order valence-electron chi connectivity index (χ0n) is 9.71. The minimum absolute atomic E-state index is 0.137. The molecule has 3 nitrogen and oxygen atoms in total. The molecule has 1 rings (SSSR count). The van der Waals surface area contributed by atoms with Gasteiger partial charge in [0, 0.05) is 0 Å². The van der Waals surface area contributed by atoms with Crippen LogP contribution in [-0.4, -0.2) is 23.2 Å². The third kappa shape index (κ3) is 2.62. The van der Waals surface area contributed by atoms with Crippen LogP contribution in [0.2, 0.25) is 5.15 Å². The van der Waals surface area contributed by atoms with Crippen LogP contribution in [0.5, 0.6) is 5.75 Å². The molecule has 0 saturated carbocycles. The monoisotopic (exact) mass is 255 g/mol. The van der Waals surface area contributed by atoms with Crippen LogP contribution in [-0.2, 0) is 0 Å². The van der Waals surface area contributed by atoms with Crippen molar-refractivity contribution in [2.45, 2.75) is 0 Å². The maximum absolute atomic E-state index is 8.91. The average Bonchev–Trinajstić information content (AvgIpc) is 2.08. The van der Waals surface area contributed by atoms with Gasteiger partial charge in [-0.1, -0.05) is 11.6 Å². The second-order valence-corrected chi connectivity index (χ2v) is 2.91. The van der Waals surface area contributed by atoms with Crippen molar-refractivity contribution in [2.24, 2.45) is 0 Å². The molecule has 0 radical (unpaired) electrons. The van der Waals surface area contributed by atoms with Gasteiger partial charge < -0.3 is 9.84 Å². The fourth-order valence-corrected chi connectivity index (χ4v) is 1.16. The lowest BCUT2D eigenvalue weighted by atomic mass is 10.5. The zero-order chi connectivity index (χ0) is 12.6. The van der Waals surface area contributed by atoms with Crippen LogP contribution in [0, 0.1) is 0 Å². The van der Waals surface area contributed by atoms with Gasteiger partial charge in [-0.2, -0.15) is 0 Å². The average molecular weight is 257 g/mol. The van der Waals surface area contributed by atoms with Crippen LogP contribution in [0.3, 0.4) is 0 Å².